The summed E-state index contributed by atoms with van der Waals surface area (Å²) in [4.78, 5) is 26.1. The second kappa shape index (κ2) is 6.26. The van der Waals surface area contributed by atoms with Gasteiger partial charge >= 0.3 is 0 Å². The van der Waals surface area contributed by atoms with E-state index in [0.717, 1.165) is 12.5 Å². The molecule has 0 bridgehead atoms. The Hall–Kier alpha value is -1.88. The van der Waals surface area contributed by atoms with Crippen LogP contribution in [0.2, 0.25) is 0 Å². The molecule has 0 aliphatic carbocycles. The van der Waals surface area contributed by atoms with Crippen LogP contribution in [0, 0.1) is 5.92 Å². The molecule has 2 heterocycles. The van der Waals surface area contributed by atoms with Gasteiger partial charge in [-0.15, -0.1) is 0 Å². The minimum Gasteiger partial charge on any atom is -0.504 e. The van der Waals surface area contributed by atoms with Gasteiger partial charge in [0.15, 0.2) is 5.76 Å². The molecule has 0 saturated carbocycles. The molecule has 21 heavy (non-hydrogen) atoms. The first-order chi connectivity index (χ1) is 10.0. The third-order valence-corrected chi connectivity index (χ3v) is 3.97. The number of nitrogens with zero attached hydrogens (tertiary/aromatic N) is 1. The zero-order chi connectivity index (χ0) is 15.6. The van der Waals surface area contributed by atoms with E-state index in [0.29, 0.717) is 25.1 Å². The number of fused-ring (bicyclic) bond motifs is 1. The van der Waals surface area contributed by atoms with Gasteiger partial charge in [0.1, 0.15) is 6.23 Å². The van der Waals surface area contributed by atoms with E-state index in [9.17, 15) is 14.7 Å². The molecule has 2 atom stereocenters. The van der Waals surface area contributed by atoms with Crippen LogP contribution < -0.4 is 0 Å². The summed E-state index contributed by atoms with van der Waals surface area (Å²) in [5.74, 6) is -1.40. The minimum atomic E-state index is -0.637. The maximum atomic E-state index is 12.8. The molecule has 2 fully saturated rings. The van der Waals surface area contributed by atoms with Gasteiger partial charge in [0.05, 0.1) is 12.2 Å². The average Bonchev–Trinajstić information content (AvgIpc) is 2.62. The molecule has 2 aliphatic rings. The number of amides is 1. The molecule has 0 spiro atoms. The van der Waals surface area contributed by atoms with E-state index < -0.39 is 11.5 Å². The average molecular weight is 291 g/mol. The van der Waals surface area contributed by atoms with E-state index in [1.165, 1.54) is 0 Å². The van der Waals surface area contributed by atoms with Crippen molar-refractivity contribution < 1.29 is 19.4 Å². The molecular weight excluding hydrogens is 270 g/mol. The van der Waals surface area contributed by atoms with Crippen LogP contribution in [0.15, 0.2) is 35.6 Å². The van der Waals surface area contributed by atoms with Crippen molar-refractivity contribution in [2.75, 3.05) is 13.2 Å². The number of ketones is 1. The quantitative estimate of drug-likeness (QED) is 0.625. The second-order valence-corrected chi connectivity index (χ2v) is 5.40. The lowest BCUT2D eigenvalue weighted by molar-refractivity contribution is -0.156. The van der Waals surface area contributed by atoms with Crippen LogP contribution in [0.1, 0.15) is 26.7 Å². The third kappa shape index (κ3) is 2.78. The Balaban J connectivity index is 2.54. The van der Waals surface area contributed by atoms with Crippen molar-refractivity contribution in [2.45, 2.75) is 32.9 Å². The zero-order valence-corrected chi connectivity index (χ0v) is 12.5. The second-order valence-electron chi connectivity index (χ2n) is 5.40. The molecule has 1 amide bonds. The van der Waals surface area contributed by atoms with Gasteiger partial charge in [-0.2, -0.15) is 0 Å². The maximum absolute atomic E-state index is 12.8. The number of ether oxygens (including phenoxy) is 1. The molecular formula is C16H21NO4. The summed E-state index contributed by atoms with van der Waals surface area (Å²) in [6.45, 7) is 8.37. The van der Waals surface area contributed by atoms with E-state index in [4.69, 9.17) is 4.74 Å². The van der Waals surface area contributed by atoms with Gasteiger partial charge in [-0.3, -0.25) is 9.59 Å². The van der Waals surface area contributed by atoms with Crippen molar-refractivity contribution in [1.82, 2.24) is 4.90 Å². The van der Waals surface area contributed by atoms with Gasteiger partial charge in [0.2, 0.25) is 5.78 Å². The summed E-state index contributed by atoms with van der Waals surface area (Å²) in [6, 6.07) is 0. The summed E-state index contributed by atoms with van der Waals surface area (Å²) in [5.41, 5.74) is 0.764. The number of aliphatic hydroxyl groups excluding tert-OH is 1. The monoisotopic (exact) mass is 291 g/mol. The smallest absolute Gasteiger partial charge is 0.260 e. The van der Waals surface area contributed by atoms with E-state index in [1.54, 1.807) is 17.9 Å². The van der Waals surface area contributed by atoms with Crippen LogP contribution in [0.5, 0.6) is 0 Å². The Morgan fingerprint density at radius 1 is 1.52 bits per heavy atom. The molecule has 1 unspecified atom stereocenters. The molecule has 0 aromatic carbocycles. The Morgan fingerprint density at radius 3 is 2.86 bits per heavy atom. The summed E-state index contributed by atoms with van der Waals surface area (Å²) in [6.07, 6.45) is 3.82. The van der Waals surface area contributed by atoms with Crippen molar-refractivity contribution in [3.8, 4) is 0 Å². The highest BCUT2D eigenvalue weighted by Crippen LogP contribution is 2.34. The summed E-state index contributed by atoms with van der Waals surface area (Å²) in [7, 11) is 0. The molecule has 0 aromatic rings. The lowest BCUT2D eigenvalue weighted by Crippen LogP contribution is -2.48. The van der Waals surface area contributed by atoms with E-state index in [2.05, 4.69) is 6.58 Å². The van der Waals surface area contributed by atoms with Crippen molar-refractivity contribution in [3.05, 3.63) is 35.6 Å². The number of carbonyl (C=O) groups is 2. The highest BCUT2D eigenvalue weighted by Gasteiger charge is 2.39. The van der Waals surface area contributed by atoms with Gasteiger partial charge in [-0.25, -0.2) is 0 Å². The fourth-order valence-electron chi connectivity index (χ4n) is 2.91. The van der Waals surface area contributed by atoms with Crippen LogP contribution in [-0.2, 0) is 14.3 Å². The van der Waals surface area contributed by atoms with Crippen LogP contribution in [0.3, 0.4) is 0 Å². The lowest BCUT2D eigenvalue weighted by Gasteiger charge is -2.37. The van der Waals surface area contributed by atoms with Gasteiger partial charge < -0.3 is 14.7 Å². The molecule has 5 nitrogen and oxygen atoms in total. The molecule has 114 valence electrons. The largest absolute Gasteiger partial charge is 0.504 e. The summed E-state index contributed by atoms with van der Waals surface area (Å²) < 4.78 is 5.72. The van der Waals surface area contributed by atoms with Gasteiger partial charge in [0.25, 0.3) is 5.91 Å². The molecule has 0 radical (unpaired) electrons. The fourth-order valence-corrected chi connectivity index (χ4v) is 2.91. The van der Waals surface area contributed by atoms with Gasteiger partial charge in [-0.05, 0) is 31.4 Å². The van der Waals surface area contributed by atoms with Crippen LogP contribution in [-0.4, -0.2) is 41.1 Å². The minimum absolute atomic E-state index is 0.0854. The Morgan fingerprint density at radius 2 is 2.24 bits per heavy atom. The van der Waals surface area contributed by atoms with Gasteiger partial charge in [-0.1, -0.05) is 19.6 Å². The Labute approximate surface area is 124 Å². The predicted molar refractivity (Wildman–Crippen MR) is 78.5 cm³/mol. The number of carbonyl (C=O) groups excluding carboxylic acids is 2. The van der Waals surface area contributed by atoms with Crippen LogP contribution in [0.4, 0.5) is 0 Å². The number of aliphatic hydroxyl groups is 1. The molecule has 2 saturated heterocycles. The highest BCUT2D eigenvalue weighted by atomic mass is 16.5. The van der Waals surface area contributed by atoms with Crippen molar-refractivity contribution in [1.29, 1.82) is 0 Å². The van der Waals surface area contributed by atoms with E-state index in [1.807, 2.05) is 6.92 Å². The van der Waals surface area contributed by atoms with Crippen LogP contribution in [0.25, 0.3) is 0 Å². The normalized spacial score (nSPS) is 30.7. The molecule has 2 rings (SSSR count). The number of rotatable bonds is 2. The van der Waals surface area contributed by atoms with Gasteiger partial charge in [0, 0.05) is 12.5 Å². The SMILES string of the molecule is C=CC(=O)/C(O)=C1/C(=O)N2CCCOC2[C@H](C)C/C1=C/C. The lowest BCUT2D eigenvalue weighted by atomic mass is 9.94. The number of hydrogen-bond acceptors (Lipinski definition) is 4. The van der Waals surface area contributed by atoms with E-state index in [-0.39, 0.29) is 23.6 Å². The summed E-state index contributed by atoms with van der Waals surface area (Å²) >= 11 is 0. The first kappa shape index (κ1) is 15.5. The maximum Gasteiger partial charge on any atom is 0.260 e. The fraction of sp³-hybridized carbons (Fsp3) is 0.500. The highest BCUT2D eigenvalue weighted by molar-refractivity contribution is 6.10. The molecule has 1 N–H and O–H groups in total. The summed E-state index contributed by atoms with van der Waals surface area (Å²) in [5, 5.41) is 10.1. The molecule has 2 aliphatic heterocycles. The number of allylic oxidation sites excluding steroid dienone is 2. The molecule has 0 aromatic heterocycles. The standard InChI is InChI=1S/C16H21NO4/c1-4-11-9-10(3)16-17(7-6-8-21-16)15(20)13(11)14(19)12(18)5-2/h4-5,10,16,19H,2,6-9H2,1,3H3/b11-4-,14-13-/t10-,16?/m1/s1. The van der Waals surface area contributed by atoms with Crippen LogP contribution >= 0.6 is 0 Å². The topological polar surface area (TPSA) is 66.8 Å². The zero-order valence-electron chi connectivity index (χ0n) is 12.5. The van der Waals surface area contributed by atoms with Crippen molar-refractivity contribution >= 4 is 11.7 Å². The number of hydrogen-bond donors (Lipinski definition) is 1. The Kier molecular flexibility index (Phi) is 4.63. The third-order valence-electron chi connectivity index (χ3n) is 3.97. The van der Waals surface area contributed by atoms with E-state index >= 15 is 0 Å². The predicted octanol–water partition coefficient (Wildman–Crippen LogP) is 2.11. The molecule has 5 heteroatoms. The Bertz CT molecular complexity index is 532. The first-order valence-electron chi connectivity index (χ1n) is 7.19. The first-order valence-corrected chi connectivity index (χ1v) is 7.19. The van der Waals surface area contributed by atoms with Crippen molar-refractivity contribution in [2.24, 2.45) is 5.92 Å². The van der Waals surface area contributed by atoms with Crippen molar-refractivity contribution in [3.63, 3.8) is 0 Å².